The molecule has 1 aromatic carbocycles. The van der Waals surface area contributed by atoms with Crippen LogP contribution >= 0.6 is 31.9 Å². The molecule has 0 saturated heterocycles. The first-order valence-electron chi connectivity index (χ1n) is 6.10. The van der Waals surface area contributed by atoms with Gasteiger partial charge < -0.3 is 5.32 Å². The molecule has 1 N–H and O–H groups in total. The van der Waals surface area contributed by atoms with Crippen LogP contribution in [-0.4, -0.2) is 5.91 Å². The normalized spacial score (nSPS) is 11.1. The molecule has 0 heterocycles. The van der Waals surface area contributed by atoms with Crippen LogP contribution in [0.3, 0.4) is 0 Å². The average molecular weight is 377 g/mol. The Balaban J connectivity index is 3.03. The van der Waals surface area contributed by atoms with Crippen LogP contribution in [0.2, 0.25) is 0 Å². The van der Waals surface area contributed by atoms with Gasteiger partial charge in [0.15, 0.2) is 0 Å². The minimum absolute atomic E-state index is 0.0666. The summed E-state index contributed by atoms with van der Waals surface area (Å²) in [5.41, 5.74) is 2.02. The zero-order chi connectivity index (χ0) is 13.9. The lowest BCUT2D eigenvalue weighted by Crippen LogP contribution is -2.15. The van der Waals surface area contributed by atoms with Crippen molar-refractivity contribution in [3.05, 3.63) is 26.6 Å². The van der Waals surface area contributed by atoms with Crippen molar-refractivity contribution in [2.24, 2.45) is 5.92 Å². The fraction of sp³-hybridized carbons (Fsp3) is 0.500. The lowest BCUT2D eigenvalue weighted by molar-refractivity contribution is -0.116. The second kappa shape index (κ2) is 6.71. The minimum atomic E-state index is 0.0666. The van der Waals surface area contributed by atoms with Crippen LogP contribution in [0.5, 0.6) is 0 Å². The second-order valence-corrected chi connectivity index (χ2v) is 6.92. The third-order valence-electron chi connectivity index (χ3n) is 2.54. The summed E-state index contributed by atoms with van der Waals surface area (Å²) >= 11 is 7.01. The molecule has 0 saturated carbocycles. The van der Waals surface area contributed by atoms with Gasteiger partial charge in [0.05, 0.1) is 0 Å². The molecule has 1 rings (SSSR count). The Hall–Kier alpha value is -0.350. The number of hydrogen-bond acceptors (Lipinski definition) is 1. The van der Waals surface area contributed by atoms with Crippen molar-refractivity contribution in [3.63, 3.8) is 0 Å². The van der Waals surface area contributed by atoms with E-state index in [0.29, 0.717) is 18.3 Å². The first kappa shape index (κ1) is 15.7. The van der Waals surface area contributed by atoms with Crippen molar-refractivity contribution in [1.82, 2.24) is 0 Å². The number of hydrogen-bond donors (Lipinski definition) is 1. The molecule has 4 heteroatoms. The lowest BCUT2D eigenvalue weighted by Gasteiger charge is -2.17. The van der Waals surface area contributed by atoms with E-state index in [0.717, 1.165) is 20.2 Å². The smallest absolute Gasteiger partial charge is 0.224 e. The van der Waals surface area contributed by atoms with Crippen molar-refractivity contribution >= 4 is 43.5 Å². The van der Waals surface area contributed by atoms with Gasteiger partial charge >= 0.3 is 0 Å². The topological polar surface area (TPSA) is 29.1 Å². The number of carbonyl (C=O) groups is 1. The summed E-state index contributed by atoms with van der Waals surface area (Å²) in [4.78, 5) is 11.9. The molecule has 0 radical (unpaired) electrons. The summed E-state index contributed by atoms with van der Waals surface area (Å²) in [6.45, 7) is 8.32. The molecule has 0 aliphatic carbocycles. The van der Waals surface area contributed by atoms with E-state index in [9.17, 15) is 4.79 Å². The van der Waals surface area contributed by atoms with Crippen LogP contribution in [0.1, 0.15) is 45.6 Å². The van der Waals surface area contributed by atoms with Gasteiger partial charge in [0.1, 0.15) is 0 Å². The summed E-state index contributed by atoms with van der Waals surface area (Å²) in [5.74, 6) is 0.779. The molecule has 1 amide bonds. The summed E-state index contributed by atoms with van der Waals surface area (Å²) in [6, 6.07) is 3.96. The summed E-state index contributed by atoms with van der Waals surface area (Å²) in [7, 11) is 0. The number of amides is 1. The fourth-order valence-corrected chi connectivity index (χ4v) is 3.53. The Morgan fingerprint density at radius 1 is 1.22 bits per heavy atom. The number of anilines is 1. The second-order valence-electron chi connectivity index (χ2n) is 5.15. The minimum Gasteiger partial charge on any atom is -0.326 e. The molecule has 0 fully saturated rings. The van der Waals surface area contributed by atoms with E-state index in [-0.39, 0.29) is 5.91 Å². The predicted molar refractivity (Wildman–Crippen MR) is 84.0 cm³/mol. The van der Waals surface area contributed by atoms with E-state index in [1.165, 1.54) is 0 Å². The zero-order valence-electron chi connectivity index (χ0n) is 11.2. The maximum absolute atomic E-state index is 11.9. The first-order valence-corrected chi connectivity index (χ1v) is 7.68. The fourth-order valence-electron chi connectivity index (χ4n) is 1.85. The molecule has 0 bridgehead atoms. The van der Waals surface area contributed by atoms with Crippen LogP contribution < -0.4 is 5.32 Å². The van der Waals surface area contributed by atoms with Crippen molar-refractivity contribution < 1.29 is 4.79 Å². The standard InChI is InChI=1S/C14H19Br2NO/c1-8(2)5-13(18)17-12-7-10(15)6-11(16)14(12)9(3)4/h6-9H,5H2,1-4H3,(H,17,18). The number of carbonyl (C=O) groups excluding carboxylic acids is 1. The van der Waals surface area contributed by atoms with Gasteiger partial charge in [0.2, 0.25) is 5.91 Å². The van der Waals surface area contributed by atoms with E-state index >= 15 is 0 Å². The average Bonchev–Trinajstić information content (AvgIpc) is 2.12. The highest BCUT2D eigenvalue weighted by molar-refractivity contribution is 9.11. The molecule has 0 unspecified atom stereocenters. The molecular weight excluding hydrogens is 358 g/mol. The van der Waals surface area contributed by atoms with Crippen LogP contribution in [-0.2, 0) is 4.79 Å². The van der Waals surface area contributed by atoms with Gasteiger partial charge in [-0.15, -0.1) is 0 Å². The Morgan fingerprint density at radius 3 is 2.33 bits per heavy atom. The van der Waals surface area contributed by atoms with E-state index in [1.54, 1.807) is 0 Å². The number of benzene rings is 1. The third kappa shape index (κ3) is 4.39. The van der Waals surface area contributed by atoms with Crippen molar-refractivity contribution in [1.29, 1.82) is 0 Å². The van der Waals surface area contributed by atoms with E-state index in [2.05, 4.69) is 51.0 Å². The van der Waals surface area contributed by atoms with Crippen LogP contribution in [0.15, 0.2) is 21.1 Å². The van der Waals surface area contributed by atoms with E-state index < -0.39 is 0 Å². The first-order chi connectivity index (χ1) is 8.31. The van der Waals surface area contributed by atoms with Crippen LogP contribution in [0.4, 0.5) is 5.69 Å². The van der Waals surface area contributed by atoms with Crippen molar-refractivity contribution in [2.75, 3.05) is 5.32 Å². The van der Waals surface area contributed by atoms with Crippen molar-refractivity contribution in [3.8, 4) is 0 Å². The molecule has 0 aromatic heterocycles. The zero-order valence-corrected chi connectivity index (χ0v) is 14.4. The SMILES string of the molecule is CC(C)CC(=O)Nc1cc(Br)cc(Br)c1C(C)C. The van der Waals surface area contributed by atoms with Gasteiger partial charge in [0.25, 0.3) is 0 Å². The monoisotopic (exact) mass is 375 g/mol. The van der Waals surface area contributed by atoms with Crippen molar-refractivity contribution in [2.45, 2.75) is 40.0 Å². The molecule has 100 valence electrons. The molecule has 2 nitrogen and oxygen atoms in total. The largest absolute Gasteiger partial charge is 0.326 e. The maximum Gasteiger partial charge on any atom is 0.224 e. The highest BCUT2D eigenvalue weighted by Gasteiger charge is 2.14. The predicted octanol–water partition coefficient (Wildman–Crippen LogP) is 5.32. The molecule has 0 spiro atoms. The third-order valence-corrected chi connectivity index (χ3v) is 3.65. The summed E-state index contributed by atoms with van der Waals surface area (Å²) in [5, 5.41) is 3.01. The number of rotatable bonds is 4. The van der Waals surface area contributed by atoms with Gasteiger partial charge in [-0.25, -0.2) is 0 Å². The van der Waals surface area contributed by atoms with Crippen LogP contribution in [0.25, 0.3) is 0 Å². The Morgan fingerprint density at radius 2 is 1.83 bits per heavy atom. The molecule has 0 aliphatic heterocycles. The van der Waals surface area contributed by atoms with E-state index in [4.69, 9.17) is 0 Å². The highest BCUT2D eigenvalue weighted by atomic mass is 79.9. The Kier molecular flexibility index (Phi) is 5.86. The van der Waals surface area contributed by atoms with Gasteiger partial charge in [-0.1, -0.05) is 59.6 Å². The highest BCUT2D eigenvalue weighted by Crippen LogP contribution is 2.35. The van der Waals surface area contributed by atoms with E-state index in [1.807, 2.05) is 26.0 Å². The molecule has 1 aromatic rings. The Bertz CT molecular complexity index is 442. The number of halogens is 2. The lowest BCUT2D eigenvalue weighted by atomic mass is 10.0. The molecular formula is C14H19Br2NO. The summed E-state index contributed by atoms with van der Waals surface area (Å²) < 4.78 is 1.98. The molecule has 18 heavy (non-hydrogen) atoms. The molecule has 0 atom stereocenters. The number of nitrogens with one attached hydrogen (secondary N) is 1. The van der Waals surface area contributed by atoms with Crippen LogP contribution in [0, 0.1) is 5.92 Å². The maximum atomic E-state index is 11.9. The molecule has 0 aliphatic rings. The van der Waals surface area contributed by atoms with Gasteiger partial charge in [-0.05, 0) is 29.5 Å². The van der Waals surface area contributed by atoms with Gasteiger partial charge in [-0.3, -0.25) is 4.79 Å². The quantitative estimate of drug-likeness (QED) is 0.756. The summed E-state index contributed by atoms with van der Waals surface area (Å²) in [6.07, 6.45) is 0.543. The van der Waals surface area contributed by atoms with Gasteiger partial charge in [-0.2, -0.15) is 0 Å². The Labute approximate surface area is 126 Å². The van der Waals surface area contributed by atoms with Gasteiger partial charge in [0, 0.05) is 21.1 Å².